The number of fused-ring (bicyclic) bond motifs is 1. The van der Waals surface area contributed by atoms with Crippen LogP contribution in [0.5, 0.6) is 11.5 Å². The number of nitrogens with one attached hydrogen (secondary N) is 1. The molecule has 1 aromatic carbocycles. The van der Waals surface area contributed by atoms with Crippen LogP contribution in [0.1, 0.15) is 11.1 Å². The van der Waals surface area contributed by atoms with Crippen molar-refractivity contribution in [1.82, 2.24) is 4.98 Å². The van der Waals surface area contributed by atoms with E-state index in [1.165, 1.54) is 0 Å². The third-order valence-corrected chi connectivity index (χ3v) is 2.98. The van der Waals surface area contributed by atoms with Crippen LogP contribution in [0.25, 0.3) is 0 Å². The Morgan fingerprint density at radius 1 is 1.11 bits per heavy atom. The molecule has 0 amide bonds. The van der Waals surface area contributed by atoms with Crippen molar-refractivity contribution in [2.45, 2.75) is 13.5 Å². The lowest BCUT2D eigenvalue weighted by Crippen LogP contribution is -2.15. The summed E-state index contributed by atoms with van der Waals surface area (Å²) in [6, 6.07) is 8.10. The molecule has 1 N–H and O–H groups in total. The van der Waals surface area contributed by atoms with Gasteiger partial charge < -0.3 is 14.8 Å². The highest BCUT2D eigenvalue weighted by Gasteiger charge is 2.11. The SMILES string of the molecule is Cc1cncc(NCc2ccc3c(c2)OCCO3)c1. The molecule has 3 rings (SSSR count). The molecule has 4 nitrogen and oxygen atoms in total. The number of benzene rings is 1. The summed E-state index contributed by atoms with van der Waals surface area (Å²) in [7, 11) is 0. The fourth-order valence-corrected chi connectivity index (χ4v) is 2.05. The van der Waals surface area contributed by atoms with Crippen LogP contribution in [0.15, 0.2) is 36.7 Å². The van der Waals surface area contributed by atoms with Crippen LogP contribution in [-0.2, 0) is 6.54 Å². The van der Waals surface area contributed by atoms with E-state index in [2.05, 4.69) is 16.4 Å². The van der Waals surface area contributed by atoms with Crippen molar-refractivity contribution in [3.8, 4) is 11.5 Å². The first-order chi connectivity index (χ1) is 9.31. The van der Waals surface area contributed by atoms with Gasteiger partial charge in [0.05, 0.1) is 5.69 Å². The minimum Gasteiger partial charge on any atom is -0.486 e. The van der Waals surface area contributed by atoms with Crippen LogP contribution in [0.2, 0.25) is 0 Å². The lowest BCUT2D eigenvalue weighted by atomic mass is 10.2. The normalized spacial score (nSPS) is 13.1. The standard InChI is InChI=1S/C15H16N2O2/c1-11-6-13(10-16-8-11)17-9-12-2-3-14-15(7-12)19-5-4-18-14/h2-3,6-8,10,17H,4-5,9H2,1H3. The summed E-state index contributed by atoms with van der Waals surface area (Å²) >= 11 is 0. The smallest absolute Gasteiger partial charge is 0.161 e. The van der Waals surface area contributed by atoms with Crippen LogP contribution < -0.4 is 14.8 Å². The highest BCUT2D eigenvalue weighted by molar-refractivity contribution is 5.47. The fourth-order valence-electron chi connectivity index (χ4n) is 2.05. The van der Waals surface area contributed by atoms with Gasteiger partial charge in [0.1, 0.15) is 13.2 Å². The average Bonchev–Trinajstić information content (AvgIpc) is 2.45. The summed E-state index contributed by atoms with van der Waals surface area (Å²) < 4.78 is 11.1. The van der Waals surface area contributed by atoms with Crippen LogP contribution in [-0.4, -0.2) is 18.2 Å². The lowest BCUT2D eigenvalue weighted by molar-refractivity contribution is 0.171. The summed E-state index contributed by atoms with van der Waals surface area (Å²) in [5.74, 6) is 1.65. The zero-order chi connectivity index (χ0) is 13.1. The summed E-state index contributed by atoms with van der Waals surface area (Å²) in [6.07, 6.45) is 3.67. The Bertz CT molecular complexity index is 584. The molecule has 0 saturated heterocycles. The van der Waals surface area contributed by atoms with Gasteiger partial charge in [-0.2, -0.15) is 0 Å². The Balaban J connectivity index is 1.70. The van der Waals surface area contributed by atoms with Gasteiger partial charge in [0.15, 0.2) is 11.5 Å². The molecule has 1 aromatic heterocycles. The van der Waals surface area contributed by atoms with Crippen molar-refractivity contribution in [3.05, 3.63) is 47.8 Å². The van der Waals surface area contributed by atoms with Crippen molar-refractivity contribution >= 4 is 5.69 Å². The van der Waals surface area contributed by atoms with E-state index in [1.807, 2.05) is 37.5 Å². The van der Waals surface area contributed by atoms with E-state index >= 15 is 0 Å². The molecule has 1 aliphatic heterocycles. The second-order valence-electron chi connectivity index (χ2n) is 4.58. The van der Waals surface area contributed by atoms with Crippen LogP contribution in [0.4, 0.5) is 5.69 Å². The molecule has 4 heteroatoms. The van der Waals surface area contributed by atoms with Crippen molar-refractivity contribution in [2.75, 3.05) is 18.5 Å². The van der Waals surface area contributed by atoms with E-state index in [9.17, 15) is 0 Å². The zero-order valence-electron chi connectivity index (χ0n) is 10.8. The number of hydrogen-bond donors (Lipinski definition) is 1. The molecule has 0 radical (unpaired) electrons. The van der Waals surface area contributed by atoms with Crippen molar-refractivity contribution in [2.24, 2.45) is 0 Å². The summed E-state index contributed by atoms with van der Waals surface area (Å²) in [4.78, 5) is 4.16. The van der Waals surface area contributed by atoms with E-state index in [1.54, 1.807) is 0 Å². The minimum atomic E-state index is 0.617. The molecule has 19 heavy (non-hydrogen) atoms. The molecular weight excluding hydrogens is 240 g/mol. The van der Waals surface area contributed by atoms with Gasteiger partial charge in [-0.15, -0.1) is 0 Å². The molecule has 1 aliphatic rings. The molecule has 98 valence electrons. The highest BCUT2D eigenvalue weighted by Crippen LogP contribution is 2.30. The van der Waals surface area contributed by atoms with E-state index < -0.39 is 0 Å². The second-order valence-corrected chi connectivity index (χ2v) is 4.58. The summed E-state index contributed by atoms with van der Waals surface area (Å²) in [5.41, 5.74) is 3.33. The number of anilines is 1. The Labute approximate surface area is 112 Å². The number of aryl methyl sites for hydroxylation is 1. The minimum absolute atomic E-state index is 0.617. The van der Waals surface area contributed by atoms with Gasteiger partial charge in [0.2, 0.25) is 0 Å². The molecule has 0 bridgehead atoms. The van der Waals surface area contributed by atoms with Crippen molar-refractivity contribution < 1.29 is 9.47 Å². The first-order valence-corrected chi connectivity index (χ1v) is 6.35. The van der Waals surface area contributed by atoms with E-state index in [0.29, 0.717) is 13.2 Å². The molecule has 0 atom stereocenters. The lowest BCUT2D eigenvalue weighted by Gasteiger charge is -2.19. The topological polar surface area (TPSA) is 43.4 Å². The van der Waals surface area contributed by atoms with Gasteiger partial charge >= 0.3 is 0 Å². The Hall–Kier alpha value is -2.23. The number of rotatable bonds is 3. The van der Waals surface area contributed by atoms with Crippen LogP contribution in [0, 0.1) is 6.92 Å². The zero-order valence-corrected chi connectivity index (χ0v) is 10.8. The van der Waals surface area contributed by atoms with E-state index in [0.717, 1.165) is 34.9 Å². The third kappa shape index (κ3) is 2.78. The summed E-state index contributed by atoms with van der Waals surface area (Å²) in [6.45, 7) is 4.01. The predicted octanol–water partition coefficient (Wildman–Crippen LogP) is 2.77. The van der Waals surface area contributed by atoms with E-state index in [4.69, 9.17) is 9.47 Å². The molecule has 0 unspecified atom stereocenters. The van der Waals surface area contributed by atoms with E-state index in [-0.39, 0.29) is 0 Å². The molecule has 2 aromatic rings. The Kier molecular flexibility index (Phi) is 3.23. The number of ether oxygens (including phenoxy) is 2. The number of hydrogen-bond acceptors (Lipinski definition) is 4. The van der Waals surface area contributed by atoms with Crippen molar-refractivity contribution in [1.29, 1.82) is 0 Å². The maximum atomic E-state index is 5.57. The van der Waals surface area contributed by atoms with Crippen LogP contribution in [0.3, 0.4) is 0 Å². The van der Waals surface area contributed by atoms with Gasteiger partial charge in [-0.3, -0.25) is 4.98 Å². The predicted molar refractivity (Wildman–Crippen MR) is 73.7 cm³/mol. The molecule has 2 heterocycles. The first-order valence-electron chi connectivity index (χ1n) is 6.35. The van der Waals surface area contributed by atoms with Crippen LogP contribution >= 0.6 is 0 Å². The Morgan fingerprint density at radius 3 is 2.79 bits per heavy atom. The van der Waals surface area contributed by atoms with Gasteiger partial charge in [0.25, 0.3) is 0 Å². The molecule has 0 spiro atoms. The van der Waals surface area contributed by atoms with Gasteiger partial charge in [-0.25, -0.2) is 0 Å². The molecule has 0 aliphatic carbocycles. The summed E-state index contributed by atoms with van der Waals surface area (Å²) in [5, 5.41) is 3.35. The number of pyridine rings is 1. The van der Waals surface area contributed by atoms with Gasteiger partial charge in [-0.05, 0) is 36.2 Å². The molecule has 0 saturated carbocycles. The monoisotopic (exact) mass is 256 g/mol. The third-order valence-electron chi connectivity index (χ3n) is 2.98. The fraction of sp³-hybridized carbons (Fsp3) is 0.267. The number of nitrogens with zero attached hydrogens (tertiary/aromatic N) is 1. The van der Waals surface area contributed by atoms with Gasteiger partial charge in [0, 0.05) is 18.9 Å². The largest absolute Gasteiger partial charge is 0.486 e. The molecule has 0 fully saturated rings. The van der Waals surface area contributed by atoms with Crippen molar-refractivity contribution in [3.63, 3.8) is 0 Å². The quantitative estimate of drug-likeness (QED) is 0.917. The van der Waals surface area contributed by atoms with Gasteiger partial charge in [-0.1, -0.05) is 6.07 Å². The maximum absolute atomic E-state index is 5.57. The highest BCUT2D eigenvalue weighted by atomic mass is 16.6. The molecular formula is C15H16N2O2. The first kappa shape index (κ1) is 11.8. The maximum Gasteiger partial charge on any atom is 0.161 e. The number of aromatic nitrogens is 1. The Morgan fingerprint density at radius 2 is 1.95 bits per heavy atom. The average molecular weight is 256 g/mol. The second kappa shape index (κ2) is 5.18.